The largest absolute Gasteiger partial charge is 0.308 e. The molecule has 2 rings (SSSR count). The van der Waals surface area contributed by atoms with E-state index in [1.54, 1.807) is 0 Å². The smallest absolute Gasteiger partial charge is 0.0239 e. The quantitative estimate of drug-likeness (QED) is 0.893. The summed E-state index contributed by atoms with van der Waals surface area (Å²) in [6.45, 7) is 14.7. The van der Waals surface area contributed by atoms with Crippen LogP contribution in [0.5, 0.6) is 0 Å². The number of benzene rings is 1. The molecule has 2 heteroatoms. The Balaban J connectivity index is 2.05. The molecule has 0 amide bonds. The first-order chi connectivity index (χ1) is 9.87. The zero-order valence-corrected chi connectivity index (χ0v) is 14.4. The molecule has 1 heterocycles. The monoisotopic (exact) mass is 288 g/mol. The number of nitrogens with zero attached hydrogens (tertiary/aromatic N) is 1. The Bertz CT molecular complexity index is 447. The van der Waals surface area contributed by atoms with E-state index in [4.69, 9.17) is 0 Å². The van der Waals surface area contributed by atoms with Crippen LogP contribution in [0.1, 0.15) is 58.6 Å². The van der Waals surface area contributed by atoms with Crippen LogP contribution in [-0.2, 0) is 13.1 Å². The summed E-state index contributed by atoms with van der Waals surface area (Å²) in [5.74, 6) is 0.818. The summed E-state index contributed by atoms with van der Waals surface area (Å²) >= 11 is 0. The first-order valence-corrected chi connectivity index (χ1v) is 8.42. The molecule has 2 atom stereocenters. The fourth-order valence-electron chi connectivity index (χ4n) is 3.11. The number of hydrogen-bond acceptors (Lipinski definition) is 2. The van der Waals surface area contributed by atoms with E-state index in [1.807, 2.05) is 0 Å². The topological polar surface area (TPSA) is 15.3 Å². The predicted octanol–water partition coefficient (Wildman–Crippen LogP) is 4.20. The van der Waals surface area contributed by atoms with Crippen LogP contribution in [0.4, 0.5) is 0 Å². The minimum absolute atomic E-state index is 0.167. The van der Waals surface area contributed by atoms with Gasteiger partial charge >= 0.3 is 0 Å². The highest BCUT2D eigenvalue weighted by Crippen LogP contribution is 2.25. The van der Waals surface area contributed by atoms with Crippen LogP contribution in [-0.4, -0.2) is 23.0 Å². The van der Waals surface area contributed by atoms with Gasteiger partial charge in [-0.3, -0.25) is 4.90 Å². The normalized spacial score (nSPS) is 24.2. The first kappa shape index (κ1) is 16.5. The van der Waals surface area contributed by atoms with Gasteiger partial charge in [0.05, 0.1) is 0 Å². The molecule has 1 aromatic carbocycles. The maximum Gasteiger partial charge on any atom is 0.0239 e. The van der Waals surface area contributed by atoms with Gasteiger partial charge in [-0.2, -0.15) is 0 Å². The summed E-state index contributed by atoms with van der Waals surface area (Å²) in [4.78, 5) is 2.66. The summed E-state index contributed by atoms with van der Waals surface area (Å²) < 4.78 is 0. The molecule has 2 nitrogen and oxygen atoms in total. The second kappa shape index (κ2) is 6.93. The standard InChI is InChI=1S/C19H32N2/c1-15-9-8-12-21(16(15)2)14-18-11-7-6-10-17(18)13-20-19(3,4)5/h6-7,10-11,15-16,20H,8-9,12-14H2,1-5H3. The predicted molar refractivity (Wildman–Crippen MR) is 91.3 cm³/mol. The highest BCUT2D eigenvalue weighted by molar-refractivity contribution is 5.27. The molecule has 1 fully saturated rings. The van der Waals surface area contributed by atoms with E-state index in [0.717, 1.165) is 19.0 Å². The lowest BCUT2D eigenvalue weighted by Gasteiger charge is -2.38. The van der Waals surface area contributed by atoms with Gasteiger partial charge in [0, 0.05) is 24.7 Å². The van der Waals surface area contributed by atoms with Crippen LogP contribution in [0.15, 0.2) is 24.3 Å². The number of nitrogens with one attached hydrogen (secondary N) is 1. The van der Waals surface area contributed by atoms with Crippen molar-refractivity contribution in [3.8, 4) is 0 Å². The highest BCUT2D eigenvalue weighted by Gasteiger charge is 2.25. The zero-order chi connectivity index (χ0) is 15.5. The minimum Gasteiger partial charge on any atom is -0.308 e. The van der Waals surface area contributed by atoms with E-state index in [2.05, 4.69) is 69.1 Å². The fourth-order valence-corrected chi connectivity index (χ4v) is 3.11. The van der Waals surface area contributed by atoms with E-state index in [9.17, 15) is 0 Å². The third kappa shape index (κ3) is 4.82. The van der Waals surface area contributed by atoms with Crippen LogP contribution < -0.4 is 5.32 Å². The van der Waals surface area contributed by atoms with Gasteiger partial charge in [0.1, 0.15) is 0 Å². The van der Waals surface area contributed by atoms with E-state index < -0.39 is 0 Å². The summed E-state index contributed by atoms with van der Waals surface area (Å²) in [7, 11) is 0. The maximum absolute atomic E-state index is 3.62. The van der Waals surface area contributed by atoms with Crippen LogP contribution >= 0.6 is 0 Å². The molecule has 0 saturated carbocycles. The van der Waals surface area contributed by atoms with Gasteiger partial charge < -0.3 is 5.32 Å². The Morgan fingerprint density at radius 1 is 1.14 bits per heavy atom. The highest BCUT2D eigenvalue weighted by atomic mass is 15.2. The summed E-state index contributed by atoms with van der Waals surface area (Å²) in [5.41, 5.74) is 3.09. The molecule has 1 saturated heterocycles. The average Bonchev–Trinajstić information content (AvgIpc) is 2.42. The van der Waals surface area contributed by atoms with E-state index >= 15 is 0 Å². The molecule has 0 aromatic heterocycles. The molecule has 1 aromatic rings. The van der Waals surface area contributed by atoms with Crippen molar-refractivity contribution in [1.82, 2.24) is 10.2 Å². The zero-order valence-electron chi connectivity index (χ0n) is 14.4. The van der Waals surface area contributed by atoms with Crippen molar-refractivity contribution in [3.05, 3.63) is 35.4 Å². The van der Waals surface area contributed by atoms with Gasteiger partial charge in [0.25, 0.3) is 0 Å². The molecule has 118 valence electrons. The van der Waals surface area contributed by atoms with Gasteiger partial charge in [-0.05, 0) is 64.1 Å². The van der Waals surface area contributed by atoms with E-state index in [1.165, 1.54) is 30.5 Å². The summed E-state index contributed by atoms with van der Waals surface area (Å²) in [6, 6.07) is 9.60. The molecular weight excluding hydrogens is 256 g/mol. The van der Waals surface area contributed by atoms with Crippen molar-refractivity contribution in [2.24, 2.45) is 5.92 Å². The molecule has 21 heavy (non-hydrogen) atoms. The third-order valence-electron chi connectivity index (χ3n) is 4.81. The Labute approximate surface area is 130 Å². The Morgan fingerprint density at radius 3 is 2.48 bits per heavy atom. The van der Waals surface area contributed by atoms with Gasteiger partial charge in [0.2, 0.25) is 0 Å². The van der Waals surface area contributed by atoms with Crippen molar-refractivity contribution in [2.45, 2.75) is 72.1 Å². The molecular formula is C19H32N2. The van der Waals surface area contributed by atoms with E-state index in [0.29, 0.717) is 6.04 Å². The average molecular weight is 288 g/mol. The van der Waals surface area contributed by atoms with Crippen molar-refractivity contribution < 1.29 is 0 Å². The number of hydrogen-bond donors (Lipinski definition) is 1. The molecule has 0 spiro atoms. The Kier molecular flexibility index (Phi) is 5.45. The van der Waals surface area contributed by atoms with Crippen LogP contribution in [0.25, 0.3) is 0 Å². The maximum atomic E-state index is 3.62. The number of likely N-dealkylation sites (tertiary alicyclic amines) is 1. The van der Waals surface area contributed by atoms with Crippen molar-refractivity contribution in [1.29, 1.82) is 0 Å². The lowest BCUT2D eigenvalue weighted by Crippen LogP contribution is -2.42. The number of piperidine rings is 1. The third-order valence-corrected chi connectivity index (χ3v) is 4.81. The van der Waals surface area contributed by atoms with Gasteiger partial charge in [-0.25, -0.2) is 0 Å². The van der Waals surface area contributed by atoms with Crippen LogP contribution in [0.2, 0.25) is 0 Å². The van der Waals surface area contributed by atoms with Gasteiger partial charge in [-0.1, -0.05) is 31.2 Å². The fraction of sp³-hybridized carbons (Fsp3) is 0.684. The lowest BCUT2D eigenvalue weighted by atomic mass is 9.91. The van der Waals surface area contributed by atoms with Crippen molar-refractivity contribution in [2.75, 3.05) is 6.54 Å². The molecule has 1 aliphatic heterocycles. The molecule has 0 aliphatic carbocycles. The Hall–Kier alpha value is -0.860. The molecule has 1 aliphatic rings. The van der Waals surface area contributed by atoms with Crippen molar-refractivity contribution in [3.63, 3.8) is 0 Å². The Morgan fingerprint density at radius 2 is 1.81 bits per heavy atom. The van der Waals surface area contributed by atoms with Gasteiger partial charge in [0.15, 0.2) is 0 Å². The summed E-state index contributed by atoms with van der Waals surface area (Å²) in [6.07, 6.45) is 2.72. The van der Waals surface area contributed by atoms with Crippen molar-refractivity contribution >= 4 is 0 Å². The van der Waals surface area contributed by atoms with Crippen LogP contribution in [0, 0.1) is 5.92 Å². The second-order valence-corrected chi connectivity index (χ2v) is 7.70. The molecule has 0 bridgehead atoms. The molecule has 0 radical (unpaired) electrons. The first-order valence-electron chi connectivity index (χ1n) is 8.42. The summed E-state index contributed by atoms with van der Waals surface area (Å²) in [5, 5.41) is 3.62. The number of rotatable bonds is 4. The lowest BCUT2D eigenvalue weighted by molar-refractivity contribution is 0.106. The SMILES string of the molecule is CC1CCCN(Cc2ccccc2CNC(C)(C)C)C1C. The second-order valence-electron chi connectivity index (χ2n) is 7.70. The van der Waals surface area contributed by atoms with Crippen LogP contribution in [0.3, 0.4) is 0 Å². The minimum atomic E-state index is 0.167. The van der Waals surface area contributed by atoms with E-state index in [-0.39, 0.29) is 5.54 Å². The molecule has 1 N–H and O–H groups in total. The van der Waals surface area contributed by atoms with Gasteiger partial charge in [-0.15, -0.1) is 0 Å². The molecule has 2 unspecified atom stereocenters.